The second-order valence-electron chi connectivity index (χ2n) is 4.69. The minimum absolute atomic E-state index is 0.151. The molecule has 0 aliphatic rings. The predicted octanol–water partition coefficient (Wildman–Crippen LogP) is 4.25. The third-order valence-electron chi connectivity index (χ3n) is 2.84. The molecule has 0 saturated heterocycles. The third-order valence-corrected chi connectivity index (χ3v) is 4.09. The van der Waals surface area contributed by atoms with Crippen LogP contribution in [0.25, 0.3) is 10.9 Å². The first kappa shape index (κ1) is 15.3. The van der Waals surface area contributed by atoms with E-state index in [9.17, 15) is 9.90 Å². The van der Waals surface area contributed by atoms with E-state index in [-0.39, 0.29) is 5.92 Å². The summed E-state index contributed by atoms with van der Waals surface area (Å²) in [5.74, 6) is -0.689. The number of halogens is 2. The Labute approximate surface area is 133 Å². The zero-order chi connectivity index (χ0) is 14.9. The van der Waals surface area contributed by atoms with Crippen LogP contribution in [-0.4, -0.2) is 22.2 Å². The van der Waals surface area contributed by atoms with Crippen LogP contribution in [0, 0.1) is 5.92 Å². The number of hydrogen-bond acceptors (Lipinski definition) is 3. The molecule has 0 saturated carbocycles. The third kappa shape index (κ3) is 2.96. The van der Waals surface area contributed by atoms with E-state index in [1.165, 1.54) is 0 Å². The first-order chi connectivity index (χ1) is 9.41. The van der Waals surface area contributed by atoms with Crippen molar-refractivity contribution in [1.29, 1.82) is 0 Å². The van der Waals surface area contributed by atoms with E-state index in [2.05, 4.69) is 36.8 Å². The Morgan fingerprint density at radius 1 is 1.35 bits per heavy atom. The number of benzene rings is 1. The van der Waals surface area contributed by atoms with Crippen LogP contribution in [0.15, 0.2) is 33.3 Å². The van der Waals surface area contributed by atoms with Crippen molar-refractivity contribution < 1.29 is 14.6 Å². The summed E-state index contributed by atoms with van der Waals surface area (Å²) in [7, 11) is 0. The maximum atomic E-state index is 11.3. The summed E-state index contributed by atoms with van der Waals surface area (Å²) in [6.45, 7) is 3.61. The topological polar surface area (TPSA) is 59.4 Å². The van der Waals surface area contributed by atoms with Gasteiger partial charge in [0.25, 0.3) is 0 Å². The van der Waals surface area contributed by atoms with Crippen LogP contribution in [0.5, 0.6) is 5.75 Å². The van der Waals surface area contributed by atoms with Crippen LogP contribution < -0.4 is 4.74 Å². The quantitative estimate of drug-likeness (QED) is 0.830. The average Bonchev–Trinajstić information content (AvgIpc) is 2.37. The second kappa shape index (κ2) is 6.10. The van der Waals surface area contributed by atoms with Crippen LogP contribution in [-0.2, 0) is 4.79 Å². The summed E-state index contributed by atoms with van der Waals surface area (Å²) in [6, 6.07) is 5.55. The maximum Gasteiger partial charge on any atom is 0.345 e. The summed E-state index contributed by atoms with van der Waals surface area (Å²) in [5.41, 5.74) is 0.626. The number of rotatable bonds is 4. The van der Waals surface area contributed by atoms with E-state index in [1.807, 2.05) is 18.2 Å². The van der Waals surface area contributed by atoms with Crippen molar-refractivity contribution in [2.45, 2.75) is 20.0 Å². The van der Waals surface area contributed by atoms with Crippen molar-refractivity contribution in [3.63, 3.8) is 0 Å². The van der Waals surface area contributed by atoms with Crippen molar-refractivity contribution >= 4 is 48.7 Å². The average molecular weight is 403 g/mol. The zero-order valence-corrected chi connectivity index (χ0v) is 14.1. The molecule has 20 heavy (non-hydrogen) atoms. The number of aliphatic carboxylic acids is 1. The number of pyridine rings is 1. The van der Waals surface area contributed by atoms with Crippen molar-refractivity contribution in [2.75, 3.05) is 0 Å². The fourth-order valence-electron chi connectivity index (χ4n) is 1.86. The molecule has 0 aliphatic heterocycles. The van der Waals surface area contributed by atoms with Gasteiger partial charge in [-0.3, -0.25) is 4.98 Å². The van der Waals surface area contributed by atoms with E-state index >= 15 is 0 Å². The number of ether oxygens (including phenoxy) is 1. The molecule has 1 unspecified atom stereocenters. The highest BCUT2D eigenvalue weighted by molar-refractivity contribution is 9.11. The molecule has 6 heteroatoms. The molecule has 0 bridgehead atoms. The minimum atomic E-state index is -0.987. The highest BCUT2D eigenvalue weighted by atomic mass is 79.9. The molecule has 0 amide bonds. The van der Waals surface area contributed by atoms with Gasteiger partial charge in [-0.2, -0.15) is 0 Å². The summed E-state index contributed by atoms with van der Waals surface area (Å²) >= 11 is 6.87. The molecule has 0 spiro atoms. The summed E-state index contributed by atoms with van der Waals surface area (Å²) in [5, 5.41) is 10.1. The number of carboxylic acid groups (broad SMARTS) is 1. The molecule has 1 aromatic heterocycles. The van der Waals surface area contributed by atoms with E-state index in [0.717, 1.165) is 9.86 Å². The zero-order valence-electron chi connectivity index (χ0n) is 10.9. The number of carboxylic acids is 1. The Hall–Kier alpha value is -1.14. The van der Waals surface area contributed by atoms with E-state index < -0.39 is 12.1 Å². The Kier molecular flexibility index (Phi) is 4.65. The highest BCUT2D eigenvalue weighted by Gasteiger charge is 2.26. The number of carbonyl (C=O) groups is 1. The molecular weight excluding hydrogens is 390 g/mol. The van der Waals surface area contributed by atoms with Gasteiger partial charge in [-0.25, -0.2) is 4.79 Å². The minimum Gasteiger partial charge on any atom is -0.478 e. The van der Waals surface area contributed by atoms with Gasteiger partial charge >= 0.3 is 5.97 Å². The second-order valence-corrected chi connectivity index (χ2v) is 6.40. The number of nitrogens with zero attached hydrogens (tertiary/aromatic N) is 1. The highest BCUT2D eigenvalue weighted by Crippen LogP contribution is 2.38. The molecule has 0 fully saturated rings. The Morgan fingerprint density at radius 3 is 2.65 bits per heavy atom. The summed E-state index contributed by atoms with van der Waals surface area (Å²) < 4.78 is 7.25. The van der Waals surface area contributed by atoms with Gasteiger partial charge in [0.15, 0.2) is 11.9 Å². The molecule has 1 heterocycles. The number of fused-ring (bicyclic) bond motifs is 1. The Balaban J connectivity index is 2.56. The van der Waals surface area contributed by atoms with Gasteiger partial charge in [-0.1, -0.05) is 35.8 Å². The van der Waals surface area contributed by atoms with Gasteiger partial charge in [0.1, 0.15) is 5.52 Å². The van der Waals surface area contributed by atoms with E-state index in [0.29, 0.717) is 15.7 Å². The molecule has 2 aromatic rings. The molecule has 0 radical (unpaired) electrons. The van der Waals surface area contributed by atoms with Gasteiger partial charge in [-0.15, -0.1) is 0 Å². The van der Waals surface area contributed by atoms with Crippen LogP contribution in [0.3, 0.4) is 0 Å². The lowest BCUT2D eigenvalue weighted by Crippen LogP contribution is -2.32. The molecule has 1 N–H and O–H groups in total. The Morgan fingerprint density at radius 2 is 2.05 bits per heavy atom. The van der Waals surface area contributed by atoms with E-state index in [4.69, 9.17) is 4.74 Å². The largest absolute Gasteiger partial charge is 0.478 e. The molecule has 2 rings (SSSR count). The van der Waals surface area contributed by atoms with Gasteiger partial charge in [0, 0.05) is 22.0 Å². The van der Waals surface area contributed by atoms with Crippen molar-refractivity contribution in [1.82, 2.24) is 4.98 Å². The van der Waals surface area contributed by atoms with E-state index in [1.54, 1.807) is 20.0 Å². The summed E-state index contributed by atoms with van der Waals surface area (Å²) in [6.07, 6.45) is 0.733. The normalized spacial score (nSPS) is 12.7. The van der Waals surface area contributed by atoms with Crippen LogP contribution in [0.1, 0.15) is 13.8 Å². The number of hydrogen-bond donors (Lipinski definition) is 1. The first-order valence-corrected chi connectivity index (χ1v) is 7.62. The van der Waals surface area contributed by atoms with Crippen LogP contribution in [0.2, 0.25) is 0 Å². The summed E-state index contributed by atoms with van der Waals surface area (Å²) in [4.78, 5) is 15.6. The lowest BCUT2D eigenvalue weighted by atomic mass is 10.1. The van der Waals surface area contributed by atoms with Crippen LogP contribution in [0.4, 0.5) is 0 Å². The molecule has 1 aromatic carbocycles. The fraction of sp³-hybridized carbons (Fsp3) is 0.286. The molecular formula is C14H13Br2NO3. The van der Waals surface area contributed by atoms with Crippen molar-refractivity contribution in [2.24, 2.45) is 5.92 Å². The molecule has 0 aliphatic carbocycles. The smallest absolute Gasteiger partial charge is 0.345 e. The van der Waals surface area contributed by atoms with Gasteiger partial charge in [-0.05, 0) is 28.1 Å². The Bertz CT molecular complexity index is 658. The van der Waals surface area contributed by atoms with Crippen LogP contribution >= 0.6 is 31.9 Å². The molecule has 1 atom stereocenters. The first-order valence-electron chi connectivity index (χ1n) is 6.04. The number of aromatic nitrogens is 1. The monoisotopic (exact) mass is 401 g/mol. The molecule has 4 nitrogen and oxygen atoms in total. The lowest BCUT2D eigenvalue weighted by Gasteiger charge is -2.20. The van der Waals surface area contributed by atoms with Gasteiger partial charge < -0.3 is 9.84 Å². The fourth-order valence-corrected chi connectivity index (χ4v) is 3.22. The predicted molar refractivity (Wildman–Crippen MR) is 84.0 cm³/mol. The standard InChI is InChI=1S/C14H13Br2NO3/c1-7(2)12(14(18)19)20-13-10(16)6-9(15)8-4-3-5-17-11(8)13/h3-7,12H,1-2H3,(H,18,19). The van der Waals surface area contributed by atoms with Gasteiger partial charge in [0.05, 0.1) is 4.47 Å². The van der Waals surface area contributed by atoms with Crippen molar-refractivity contribution in [3.05, 3.63) is 33.3 Å². The molecule has 106 valence electrons. The SMILES string of the molecule is CC(C)C(Oc1c(Br)cc(Br)c2cccnc12)C(=O)O. The lowest BCUT2D eigenvalue weighted by molar-refractivity contribution is -0.147. The van der Waals surface area contributed by atoms with Crippen molar-refractivity contribution in [3.8, 4) is 5.75 Å². The van der Waals surface area contributed by atoms with Gasteiger partial charge in [0.2, 0.25) is 0 Å². The maximum absolute atomic E-state index is 11.3.